The molecule has 0 fully saturated rings. The average Bonchev–Trinajstić information content (AvgIpc) is 3.06. The fourth-order valence-corrected chi connectivity index (χ4v) is 4.87. The van der Waals surface area contributed by atoms with Crippen LogP contribution in [0.25, 0.3) is 0 Å². The van der Waals surface area contributed by atoms with Crippen LogP contribution >= 0.6 is 11.6 Å². The molecule has 0 saturated carbocycles. The van der Waals surface area contributed by atoms with Gasteiger partial charge in [0.2, 0.25) is 16.0 Å². The Hall–Kier alpha value is -3.12. The van der Waals surface area contributed by atoms with Crippen molar-refractivity contribution < 1.29 is 17.9 Å². The largest absolute Gasteiger partial charge is 0.495 e. The third kappa shape index (κ3) is 7.22. The lowest BCUT2D eigenvalue weighted by molar-refractivity contribution is 0.150. The molecule has 10 nitrogen and oxygen atoms in total. The molecule has 0 radical (unpaired) electrons. The van der Waals surface area contributed by atoms with Gasteiger partial charge in [-0.05, 0) is 48.2 Å². The van der Waals surface area contributed by atoms with E-state index in [9.17, 15) is 8.42 Å². The van der Waals surface area contributed by atoms with Gasteiger partial charge in [-0.3, -0.25) is 4.72 Å². The molecule has 3 aromatic rings. The van der Waals surface area contributed by atoms with Crippen molar-refractivity contribution in [1.82, 2.24) is 14.9 Å². The number of aromatic nitrogens is 2. The van der Waals surface area contributed by atoms with Crippen LogP contribution in [-0.2, 0) is 27.6 Å². The standard InChI is InChI=1S/C25H31ClN6O4S/c1-35-13-12-32-10-8-17-14-22(23(36-2)15-18(17)9-11-32)29-25-27-16-19(26)24(30-25)28-20-6-4-5-7-21(20)31-37(3,33)34/h4-7,14-16,31H,8-13H2,1-3H3,(H2,27,28,29,30). The van der Waals surface area contributed by atoms with Gasteiger partial charge < -0.3 is 25.0 Å². The first-order valence-corrected chi connectivity index (χ1v) is 14.1. The number of hydrogen-bond donors (Lipinski definition) is 3. The summed E-state index contributed by atoms with van der Waals surface area (Å²) in [4.78, 5) is 11.3. The zero-order valence-electron chi connectivity index (χ0n) is 21.0. The van der Waals surface area contributed by atoms with Crippen molar-refractivity contribution in [1.29, 1.82) is 0 Å². The highest BCUT2D eigenvalue weighted by molar-refractivity contribution is 7.92. The highest BCUT2D eigenvalue weighted by Crippen LogP contribution is 2.34. The van der Waals surface area contributed by atoms with E-state index in [-0.39, 0.29) is 5.02 Å². The summed E-state index contributed by atoms with van der Waals surface area (Å²) in [6, 6.07) is 11.0. The third-order valence-corrected chi connectivity index (χ3v) is 6.86. The number of para-hydroxylation sites is 2. The van der Waals surface area contributed by atoms with Gasteiger partial charge in [0.15, 0.2) is 5.82 Å². The fourth-order valence-electron chi connectivity index (χ4n) is 4.16. The number of sulfonamides is 1. The Morgan fingerprint density at radius 2 is 1.73 bits per heavy atom. The van der Waals surface area contributed by atoms with Gasteiger partial charge in [-0.1, -0.05) is 23.7 Å². The van der Waals surface area contributed by atoms with Gasteiger partial charge in [0.05, 0.1) is 43.2 Å². The Morgan fingerprint density at radius 3 is 2.41 bits per heavy atom. The van der Waals surface area contributed by atoms with Crippen LogP contribution in [-0.4, -0.2) is 70.0 Å². The lowest BCUT2D eigenvalue weighted by atomic mass is 10.0. The van der Waals surface area contributed by atoms with Crippen molar-refractivity contribution in [2.24, 2.45) is 0 Å². The quantitative estimate of drug-likeness (QED) is 0.346. The van der Waals surface area contributed by atoms with Crippen LogP contribution in [0.2, 0.25) is 5.02 Å². The van der Waals surface area contributed by atoms with Gasteiger partial charge >= 0.3 is 0 Å². The molecular weight excluding hydrogens is 516 g/mol. The second-order valence-electron chi connectivity index (χ2n) is 8.72. The number of anilines is 5. The van der Waals surface area contributed by atoms with Crippen molar-refractivity contribution in [3.05, 3.63) is 58.7 Å². The Kier molecular flexibility index (Phi) is 8.70. The molecule has 0 saturated heterocycles. The van der Waals surface area contributed by atoms with Crippen molar-refractivity contribution in [2.45, 2.75) is 12.8 Å². The third-order valence-electron chi connectivity index (χ3n) is 5.99. The Balaban J connectivity index is 1.57. The van der Waals surface area contributed by atoms with Gasteiger partial charge in [0.1, 0.15) is 10.8 Å². The fraction of sp³-hybridized carbons (Fsp3) is 0.360. The highest BCUT2D eigenvalue weighted by Gasteiger charge is 2.18. The lowest BCUT2D eigenvalue weighted by Gasteiger charge is -2.18. The van der Waals surface area contributed by atoms with E-state index in [0.29, 0.717) is 35.5 Å². The predicted octanol–water partition coefficient (Wildman–Crippen LogP) is 4.04. The summed E-state index contributed by atoms with van der Waals surface area (Å²) in [5.74, 6) is 1.33. The maximum atomic E-state index is 11.8. The first-order chi connectivity index (χ1) is 17.8. The minimum absolute atomic E-state index is 0.282. The molecule has 37 heavy (non-hydrogen) atoms. The molecule has 3 N–H and O–H groups in total. The minimum Gasteiger partial charge on any atom is -0.495 e. The SMILES string of the molecule is COCCN1CCc2cc(Nc3ncc(Cl)c(Nc4ccccc4NS(C)(=O)=O)n3)c(OC)cc2CC1. The normalized spacial score (nSPS) is 13.9. The van der Waals surface area contributed by atoms with E-state index in [1.807, 2.05) is 0 Å². The molecule has 0 bridgehead atoms. The van der Waals surface area contributed by atoms with Gasteiger partial charge in [0.25, 0.3) is 0 Å². The minimum atomic E-state index is -3.47. The molecule has 0 spiro atoms. The first-order valence-electron chi connectivity index (χ1n) is 11.8. The second-order valence-corrected chi connectivity index (χ2v) is 10.9. The van der Waals surface area contributed by atoms with Crippen LogP contribution in [0, 0.1) is 0 Å². The molecule has 0 aliphatic carbocycles. The molecule has 12 heteroatoms. The summed E-state index contributed by atoms with van der Waals surface area (Å²) >= 11 is 6.36. The Labute approximate surface area is 222 Å². The number of methoxy groups -OCH3 is 2. The van der Waals surface area contributed by atoms with E-state index < -0.39 is 10.0 Å². The van der Waals surface area contributed by atoms with Crippen molar-refractivity contribution in [2.75, 3.05) is 62.1 Å². The van der Waals surface area contributed by atoms with Crippen molar-refractivity contribution in [3.63, 3.8) is 0 Å². The van der Waals surface area contributed by atoms with Gasteiger partial charge in [-0.25, -0.2) is 13.4 Å². The number of rotatable bonds is 10. The summed E-state index contributed by atoms with van der Waals surface area (Å²) in [6.07, 6.45) is 4.42. The molecule has 2 aromatic carbocycles. The maximum Gasteiger partial charge on any atom is 0.229 e. The molecule has 0 amide bonds. The number of halogens is 1. The molecule has 198 valence electrons. The Bertz CT molecular complexity index is 1360. The predicted molar refractivity (Wildman–Crippen MR) is 147 cm³/mol. The van der Waals surface area contributed by atoms with Gasteiger partial charge in [-0.2, -0.15) is 4.98 Å². The van der Waals surface area contributed by atoms with E-state index in [1.54, 1.807) is 38.5 Å². The number of hydrogen-bond acceptors (Lipinski definition) is 9. The van der Waals surface area contributed by atoms with Crippen LogP contribution in [0.15, 0.2) is 42.6 Å². The van der Waals surface area contributed by atoms with E-state index in [0.717, 1.165) is 44.4 Å². The molecular formula is C25H31ClN6O4S. The van der Waals surface area contributed by atoms with Crippen LogP contribution in [0.3, 0.4) is 0 Å². The monoisotopic (exact) mass is 546 g/mol. The highest BCUT2D eigenvalue weighted by atomic mass is 35.5. The topological polar surface area (TPSA) is 118 Å². The number of nitrogens with zero attached hydrogens (tertiary/aromatic N) is 3. The zero-order chi connectivity index (χ0) is 26.4. The summed E-state index contributed by atoms with van der Waals surface area (Å²) in [6.45, 7) is 3.54. The molecule has 2 heterocycles. The number of ether oxygens (including phenoxy) is 2. The van der Waals surface area contributed by atoms with E-state index in [2.05, 4.69) is 42.4 Å². The molecule has 1 aliphatic heterocycles. The molecule has 1 aromatic heterocycles. The zero-order valence-corrected chi connectivity index (χ0v) is 22.6. The van der Waals surface area contributed by atoms with Crippen LogP contribution in [0.4, 0.5) is 28.8 Å². The van der Waals surface area contributed by atoms with Crippen LogP contribution in [0.1, 0.15) is 11.1 Å². The van der Waals surface area contributed by atoms with Crippen LogP contribution in [0.5, 0.6) is 5.75 Å². The smallest absolute Gasteiger partial charge is 0.229 e. The van der Waals surface area contributed by atoms with Gasteiger partial charge in [0, 0.05) is 26.7 Å². The lowest BCUT2D eigenvalue weighted by Crippen LogP contribution is -2.29. The average molecular weight is 547 g/mol. The van der Waals surface area contributed by atoms with Gasteiger partial charge in [-0.15, -0.1) is 0 Å². The number of fused-ring (bicyclic) bond motifs is 1. The maximum absolute atomic E-state index is 11.8. The summed E-state index contributed by atoms with van der Waals surface area (Å²) in [5, 5.41) is 6.64. The second kappa shape index (κ2) is 12.0. The number of nitrogens with one attached hydrogen (secondary N) is 3. The van der Waals surface area contributed by atoms with Crippen molar-refractivity contribution in [3.8, 4) is 5.75 Å². The van der Waals surface area contributed by atoms with Crippen molar-refractivity contribution >= 4 is 50.5 Å². The summed E-state index contributed by atoms with van der Waals surface area (Å²) in [7, 11) is -0.111. The van der Waals surface area contributed by atoms with E-state index in [1.165, 1.54) is 17.3 Å². The molecule has 0 unspecified atom stereocenters. The first kappa shape index (κ1) is 26.9. The Morgan fingerprint density at radius 1 is 1.03 bits per heavy atom. The molecule has 4 rings (SSSR count). The van der Waals surface area contributed by atoms with E-state index in [4.69, 9.17) is 21.1 Å². The molecule has 1 aliphatic rings. The molecule has 0 atom stereocenters. The van der Waals surface area contributed by atoms with E-state index >= 15 is 0 Å². The van der Waals surface area contributed by atoms with Crippen LogP contribution < -0.4 is 20.1 Å². The summed E-state index contributed by atoms with van der Waals surface area (Å²) in [5.41, 5.74) is 4.13. The summed E-state index contributed by atoms with van der Waals surface area (Å²) < 4.78 is 36.9. The number of benzene rings is 2.